The maximum absolute atomic E-state index is 12.0. The average Bonchev–Trinajstić information content (AvgIpc) is 3.01. The minimum Gasteiger partial charge on any atom is -0.493 e. The Morgan fingerprint density at radius 1 is 1.08 bits per heavy atom. The lowest BCUT2D eigenvalue weighted by Gasteiger charge is -2.13. The molecule has 0 aliphatic rings. The molecule has 1 N–H and O–H groups in total. The van der Waals surface area contributed by atoms with Gasteiger partial charge in [-0.3, -0.25) is 0 Å². The number of hydrogen-bond donors (Lipinski definition) is 1. The van der Waals surface area contributed by atoms with Crippen molar-refractivity contribution in [2.45, 2.75) is 6.92 Å². The average molecular weight is 331 g/mol. The SMILES string of the molecule is CCOc1ccc2ccccc2c1-c1cn2ccccc2c1C(=O)O. The Kier molecular flexibility index (Phi) is 3.65. The topological polar surface area (TPSA) is 50.9 Å². The molecule has 0 radical (unpaired) electrons. The molecule has 4 nitrogen and oxygen atoms in total. The highest BCUT2D eigenvalue weighted by Crippen LogP contribution is 2.40. The first kappa shape index (κ1) is 15.3. The van der Waals surface area contributed by atoms with E-state index in [2.05, 4.69) is 0 Å². The summed E-state index contributed by atoms with van der Waals surface area (Å²) < 4.78 is 7.67. The standard InChI is InChI=1S/C21H17NO3/c1-2-25-18-11-10-14-7-3-4-8-15(14)19(18)16-13-22-12-6-5-9-17(22)20(16)21(23)24/h3-13H,2H2,1H3,(H,23,24). The summed E-state index contributed by atoms with van der Waals surface area (Å²) in [5.41, 5.74) is 2.44. The van der Waals surface area contributed by atoms with Crippen molar-refractivity contribution in [2.75, 3.05) is 6.61 Å². The summed E-state index contributed by atoms with van der Waals surface area (Å²) >= 11 is 0. The molecule has 0 fully saturated rings. The second-order valence-corrected chi connectivity index (χ2v) is 5.81. The van der Waals surface area contributed by atoms with Gasteiger partial charge in [-0.25, -0.2) is 4.79 Å². The fraction of sp³-hybridized carbons (Fsp3) is 0.0952. The highest BCUT2D eigenvalue weighted by Gasteiger charge is 2.22. The highest BCUT2D eigenvalue weighted by atomic mass is 16.5. The van der Waals surface area contributed by atoms with Gasteiger partial charge in [0.25, 0.3) is 0 Å². The Balaban J connectivity index is 2.14. The van der Waals surface area contributed by atoms with Gasteiger partial charge in [-0.15, -0.1) is 0 Å². The maximum atomic E-state index is 12.0. The van der Waals surface area contributed by atoms with Crippen LogP contribution in [0.25, 0.3) is 27.4 Å². The molecule has 0 aliphatic carbocycles. The summed E-state index contributed by atoms with van der Waals surface area (Å²) in [6.07, 6.45) is 3.72. The Hall–Kier alpha value is -3.27. The van der Waals surface area contributed by atoms with Crippen LogP contribution in [0.2, 0.25) is 0 Å². The van der Waals surface area contributed by atoms with Gasteiger partial charge in [0.2, 0.25) is 0 Å². The number of benzene rings is 2. The van der Waals surface area contributed by atoms with E-state index in [-0.39, 0.29) is 5.56 Å². The summed E-state index contributed by atoms with van der Waals surface area (Å²) in [6, 6.07) is 17.4. The van der Waals surface area contributed by atoms with Crippen molar-refractivity contribution >= 4 is 22.3 Å². The van der Waals surface area contributed by atoms with E-state index < -0.39 is 5.97 Å². The van der Waals surface area contributed by atoms with Crippen LogP contribution >= 0.6 is 0 Å². The number of carboxylic acids is 1. The van der Waals surface area contributed by atoms with Crippen molar-refractivity contribution in [1.29, 1.82) is 0 Å². The van der Waals surface area contributed by atoms with E-state index in [1.807, 2.05) is 78.3 Å². The van der Waals surface area contributed by atoms with Crippen molar-refractivity contribution in [3.63, 3.8) is 0 Å². The number of rotatable bonds is 4. The van der Waals surface area contributed by atoms with E-state index in [1.165, 1.54) is 0 Å². The predicted molar refractivity (Wildman–Crippen MR) is 98.5 cm³/mol. The summed E-state index contributed by atoms with van der Waals surface area (Å²) in [4.78, 5) is 12.0. The summed E-state index contributed by atoms with van der Waals surface area (Å²) in [7, 11) is 0. The largest absolute Gasteiger partial charge is 0.493 e. The number of pyridine rings is 1. The lowest BCUT2D eigenvalue weighted by molar-refractivity contribution is 0.0700. The van der Waals surface area contributed by atoms with Gasteiger partial charge in [0.1, 0.15) is 5.75 Å². The first-order valence-electron chi connectivity index (χ1n) is 8.18. The van der Waals surface area contributed by atoms with Gasteiger partial charge in [-0.2, -0.15) is 0 Å². The lowest BCUT2D eigenvalue weighted by Crippen LogP contribution is -2.00. The third kappa shape index (κ3) is 2.43. The Morgan fingerprint density at radius 3 is 2.68 bits per heavy atom. The van der Waals surface area contributed by atoms with Crippen molar-refractivity contribution < 1.29 is 14.6 Å². The van der Waals surface area contributed by atoms with Gasteiger partial charge >= 0.3 is 5.97 Å². The second kappa shape index (κ2) is 5.98. The first-order valence-corrected chi connectivity index (χ1v) is 8.18. The van der Waals surface area contributed by atoms with E-state index in [1.54, 1.807) is 0 Å². The molecule has 0 saturated heterocycles. The van der Waals surface area contributed by atoms with Crippen molar-refractivity contribution in [2.24, 2.45) is 0 Å². The highest BCUT2D eigenvalue weighted by molar-refractivity contribution is 6.09. The quantitative estimate of drug-likeness (QED) is 0.581. The minimum absolute atomic E-state index is 0.290. The number of hydrogen-bond acceptors (Lipinski definition) is 2. The summed E-state index contributed by atoms with van der Waals surface area (Å²) in [5, 5.41) is 11.9. The number of fused-ring (bicyclic) bond motifs is 2. The Bertz CT molecular complexity index is 1090. The van der Waals surface area contributed by atoms with Gasteiger partial charge in [-0.05, 0) is 35.9 Å². The van der Waals surface area contributed by atoms with Crippen LogP contribution in [0.15, 0.2) is 67.0 Å². The molecule has 0 atom stereocenters. The maximum Gasteiger partial charge on any atom is 0.338 e. The molecule has 4 heteroatoms. The molecule has 2 aromatic carbocycles. The van der Waals surface area contributed by atoms with E-state index in [4.69, 9.17) is 4.74 Å². The molecule has 0 unspecified atom stereocenters. The summed E-state index contributed by atoms with van der Waals surface area (Å²) in [5.74, 6) is -0.251. The predicted octanol–water partition coefficient (Wildman–Crippen LogP) is 4.86. The number of aromatic nitrogens is 1. The number of carboxylic acid groups (broad SMARTS) is 1. The number of carbonyl (C=O) groups is 1. The molecule has 0 spiro atoms. The van der Waals surface area contributed by atoms with Crippen molar-refractivity contribution in [3.8, 4) is 16.9 Å². The van der Waals surface area contributed by atoms with E-state index in [0.717, 1.165) is 16.3 Å². The van der Waals surface area contributed by atoms with Crippen LogP contribution in [0, 0.1) is 0 Å². The fourth-order valence-electron chi connectivity index (χ4n) is 3.34. The third-order valence-corrected chi connectivity index (χ3v) is 4.36. The zero-order chi connectivity index (χ0) is 17.4. The lowest BCUT2D eigenvalue weighted by atomic mass is 9.96. The van der Waals surface area contributed by atoms with Crippen LogP contribution in [-0.4, -0.2) is 22.1 Å². The molecule has 0 aliphatic heterocycles. The molecule has 4 rings (SSSR count). The second-order valence-electron chi connectivity index (χ2n) is 5.81. The molecule has 0 amide bonds. The number of ether oxygens (including phenoxy) is 1. The first-order chi connectivity index (χ1) is 12.2. The Labute approximate surface area is 144 Å². The van der Waals surface area contributed by atoms with E-state index in [9.17, 15) is 9.90 Å². The van der Waals surface area contributed by atoms with Crippen molar-refractivity contribution in [1.82, 2.24) is 4.40 Å². The van der Waals surface area contributed by atoms with Gasteiger partial charge in [-0.1, -0.05) is 36.4 Å². The van der Waals surface area contributed by atoms with Crippen LogP contribution in [0.3, 0.4) is 0 Å². The van der Waals surface area contributed by atoms with Crippen LogP contribution in [0.4, 0.5) is 0 Å². The van der Waals surface area contributed by atoms with Gasteiger partial charge in [0, 0.05) is 23.5 Å². The monoisotopic (exact) mass is 331 g/mol. The number of nitrogens with zero attached hydrogens (tertiary/aromatic N) is 1. The Morgan fingerprint density at radius 2 is 1.88 bits per heavy atom. The molecule has 25 heavy (non-hydrogen) atoms. The van der Waals surface area contributed by atoms with E-state index in [0.29, 0.717) is 23.4 Å². The normalized spacial score (nSPS) is 11.1. The molecule has 4 aromatic rings. The fourth-order valence-corrected chi connectivity index (χ4v) is 3.34. The van der Waals surface area contributed by atoms with Crippen LogP contribution in [0.5, 0.6) is 5.75 Å². The minimum atomic E-state index is -0.945. The zero-order valence-electron chi connectivity index (χ0n) is 13.8. The molecular weight excluding hydrogens is 314 g/mol. The van der Waals surface area contributed by atoms with Crippen LogP contribution in [0.1, 0.15) is 17.3 Å². The zero-order valence-corrected chi connectivity index (χ0v) is 13.8. The molecule has 124 valence electrons. The molecule has 2 aromatic heterocycles. The number of aromatic carboxylic acids is 1. The van der Waals surface area contributed by atoms with Crippen molar-refractivity contribution in [3.05, 3.63) is 72.6 Å². The third-order valence-electron chi connectivity index (χ3n) is 4.36. The molecule has 0 saturated carbocycles. The van der Waals surface area contributed by atoms with Gasteiger partial charge < -0.3 is 14.2 Å². The molecule has 2 heterocycles. The molecule has 0 bridgehead atoms. The van der Waals surface area contributed by atoms with E-state index >= 15 is 0 Å². The smallest absolute Gasteiger partial charge is 0.338 e. The summed E-state index contributed by atoms with van der Waals surface area (Å²) in [6.45, 7) is 2.44. The van der Waals surface area contributed by atoms with Gasteiger partial charge in [0.05, 0.1) is 17.7 Å². The van der Waals surface area contributed by atoms with Gasteiger partial charge in [0.15, 0.2) is 0 Å². The van der Waals surface area contributed by atoms with Crippen LogP contribution < -0.4 is 4.74 Å². The molecular formula is C21H17NO3. The van der Waals surface area contributed by atoms with Crippen LogP contribution in [-0.2, 0) is 0 Å².